The molecule has 21 heavy (non-hydrogen) atoms. The van der Waals surface area contributed by atoms with Crippen LogP contribution < -0.4 is 5.69 Å². The number of rotatable bonds is 2. The number of para-hydroxylation sites is 1. The minimum Gasteiger partial charge on any atom is -0.478 e. The number of carbonyl (C=O) groups is 1. The molecule has 0 atom stereocenters. The Morgan fingerprint density at radius 2 is 2.05 bits per heavy atom. The number of halogens is 2. The van der Waals surface area contributed by atoms with Crippen LogP contribution in [0.15, 0.2) is 41.2 Å². The molecule has 3 rings (SSSR count). The number of carboxylic acids is 1. The summed E-state index contributed by atoms with van der Waals surface area (Å²) in [6.45, 7) is 0. The van der Waals surface area contributed by atoms with Crippen molar-refractivity contribution in [2.24, 2.45) is 0 Å². The van der Waals surface area contributed by atoms with Crippen molar-refractivity contribution in [3.05, 3.63) is 63.3 Å². The highest BCUT2D eigenvalue weighted by Crippen LogP contribution is 2.25. The summed E-state index contributed by atoms with van der Waals surface area (Å²) in [5.41, 5.74) is -0.110. The summed E-state index contributed by atoms with van der Waals surface area (Å²) in [6.07, 6.45) is 0. The fraction of sp³-hybridized carbons (Fsp3) is 0. The van der Waals surface area contributed by atoms with Crippen molar-refractivity contribution in [2.75, 3.05) is 0 Å². The van der Waals surface area contributed by atoms with Gasteiger partial charge >= 0.3 is 11.7 Å². The van der Waals surface area contributed by atoms with Crippen LogP contribution in [0.4, 0.5) is 4.39 Å². The van der Waals surface area contributed by atoms with E-state index in [0.717, 1.165) is 16.7 Å². The first kappa shape index (κ1) is 13.4. The normalized spacial score (nSPS) is 11.0. The fourth-order valence-electron chi connectivity index (χ4n) is 2.22. The second-order valence-corrected chi connectivity index (χ2v) is 4.78. The Bertz CT molecular complexity index is 930. The van der Waals surface area contributed by atoms with Gasteiger partial charge in [-0.2, -0.15) is 0 Å². The van der Waals surface area contributed by atoms with Crippen molar-refractivity contribution >= 4 is 28.6 Å². The predicted molar refractivity (Wildman–Crippen MR) is 75.8 cm³/mol. The summed E-state index contributed by atoms with van der Waals surface area (Å²) in [4.78, 5) is 26.0. The molecule has 0 aliphatic heterocycles. The molecule has 0 radical (unpaired) electrons. The number of nitrogens with zero attached hydrogens (tertiary/aromatic N) is 1. The number of carboxylic acid groups (broad SMARTS) is 1. The number of aromatic amines is 1. The topological polar surface area (TPSA) is 75.1 Å². The average molecular weight is 307 g/mol. The highest BCUT2D eigenvalue weighted by Gasteiger charge is 2.18. The number of nitrogens with one attached hydrogen (secondary N) is 1. The Labute approximate surface area is 122 Å². The van der Waals surface area contributed by atoms with Gasteiger partial charge in [0.2, 0.25) is 0 Å². The number of hydrogen-bond acceptors (Lipinski definition) is 2. The lowest BCUT2D eigenvalue weighted by Gasteiger charge is -2.07. The molecule has 0 amide bonds. The number of imidazole rings is 1. The molecular weight excluding hydrogens is 299 g/mol. The molecule has 0 saturated heterocycles. The second kappa shape index (κ2) is 4.75. The Kier molecular flexibility index (Phi) is 3.03. The van der Waals surface area contributed by atoms with E-state index in [0.29, 0.717) is 5.52 Å². The van der Waals surface area contributed by atoms with Gasteiger partial charge in [0.25, 0.3) is 0 Å². The van der Waals surface area contributed by atoms with Crippen LogP contribution in [-0.2, 0) is 0 Å². The van der Waals surface area contributed by atoms with Gasteiger partial charge in [0.05, 0.1) is 27.3 Å². The van der Waals surface area contributed by atoms with E-state index in [4.69, 9.17) is 11.6 Å². The maximum Gasteiger partial charge on any atom is 0.337 e. The molecule has 0 aliphatic carbocycles. The van der Waals surface area contributed by atoms with Crippen molar-refractivity contribution in [2.45, 2.75) is 0 Å². The van der Waals surface area contributed by atoms with Gasteiger partial charge in [0.1, 0.15) is 5.82 Å². The first-order chi connectivity index (χ1) is 9.99. The smallest absolute Gasteiger partial charge is 0.337 e. The van der Waals surface area contributed by atoms with Crippen LogP contribution in [0, 0.1) is 5.82 Å². The minimum atomic E-state index is -1.19. The van der Waals surface area contributed by atoms with Crippen LogP contribution in [-0.4, -0.2) is 20.6 Å². The Morgan fingerprint density at radius 1 is 1.29 bits per heavy atom. The predicted octanol–water partition coefficient (Wildman–Crippen LogP) is 2.81. The quantitative estimate of drug-likeness (QED) is 0.764. The van der Waals surface area contributed by atoms with E-state index in [-0.39, 0.29) is 21.8 Å². The summed E-state index contributed by atoms with van der Waals surface area (Å²) < 4.78 is 14.5. The molecule has 7 heteroatoms. The van der Waals surface area contributed by atoms with Crippen LogP contribution in [0.1, 0.15) is 10.4 Å². The lowest BCUT2D eigenvalue weighted by molar-refractivity contribution is 0.0698. The van der Waals surface area contributed by atoms with Crippen molar-refractivity contribution in [3.63, 3.8) is 0 Å². The molecule has 106 valence electrons. The maximum atomic E-state index is 13.4. The summed E-state index contributed by atoms with van der Waals surface area (Å²) in [5.74, 6) is -1.77. The zero-order chi connectivity index (χ0) is 15.1. The molecule has 0 fully saturated rings. The number of hydrogen-bond donors (Lipinski definition) is 2. The SMILES string of the molecule is O=C(O)c1cccc2[nH]c(=O)n(-c3cc(F)ccc3Cl)c12. The third-order valence-corrected chi connectivity index (χ3v) is 3.40. The van der Waals surface area contributed by atoms with Crippen molar-refractivity contribution in [1.82, 2.24) is 9.55 Å². The number of benzene rings is 2. The highest BCUT2D eigenvalue weighted by molar-refractivity contribution is 6.32. The first-order valence-electron chi connectivity index (χ1n) is 5.91. The number of aromatic nitrogens is 2. The van der Waals surface area contributed by atoms with Gasteiger partial charge < -0.3 is 10.1 Å². The minimum absolute atomic E-state index is 0.0776. The van der Waals surface area contributed by atoms with Gasteiger partial charge in [-0.15, -0.1) is 0 Å². The van der Waals surface area contributed by atoms with Crippen LogP contribution in [0.5, 0.6) is 0 Å². The molecule has 2 aromatic carbocycles. The Hall–Kier alpha value is -2.60. The molecule has 1 aromatic heterocycles. The van der Waals surface area contributed by atoms with Gasteiger partial charge in [-0.1, -0.05) is 17.7 Å². The molecule has 0 bridgehead atoms. The van der Waals surface area contributed by atoms with E-state index in [2.05, 4.69) is 4.98 Å². The van der Waals surface area contributed by atoms with E-state index in [9.17, 15) is 19.1 Å². The van der Waals surface area contributed by atoms with E-state index >= 15 is 0 Å². The third-order valence-electron chi connectivity index (χ3n) is 3.08. The summed E-state index contributed by atoms with van der Waals surface area (Å²) in [5, 5.41) is 9.39. The summed E-state index contributed by atoms with van der Waals surface area (Å²) >= 11 is 6.00. The van der Waals surface area contributed by atoms with Gasteiger partial charge in [-0.25, -0.2) is 14.0 Å². The van der Waals surface area contributed by atoms with Gasteiger partial charge in [-0.05, 0) is 30.3 Å². The lowest BCUT2D eigenvalue weighted by Crippen LogP contribution is -2.16. The molecular formula is C14H8ClFN2O3. The van der Waals surface area contributed by atoms with Gasteiger partial charge in [-0.3, -0.25) is 4.57 Å². The summed E-state index contributed by atoms with van der Waals surface area (Å²) in [7, 11) is 0. The van der Waals surface area contributed by atoms with Crippen LogP contribution in [0.2, 0.25) is 5.02 Å². The summed E-state index contributed by atoms with van der Waals surface area (Å²) in [6, 6.07) is 7.98. The van der Waals surface area contributed by atoms with Crippen molar-refractivity contribution in [3.8, 4) is 5.69 Å². The molecule has 1 heterocycles. The Morgan fingerprint density at radius 3 is 2.76 bits per heavy atom. The highest BCUT2D eigenvalue weighted by atomic mass is 35.5. The third kappa shape index (κ3) is 2.09. The monoisotopic (exact) mass is 306 g/mol. The largest absolute Gasteiger partial charge is 0.478 e. The zero-order valence-electron chi connectivity index (χ0n) is 10.4. The molecule has 0 aliphatic rings. The van der Waals surface area contributed by atoms with Crippen LogP contribution >= 0.6 is 11.6 Å². The number of aromatic carboxylic acids is 1. The molecule has 3 aromatic rings. The van der Waals surface area contributed by atoms with Gasteiger partial charge in [0.15, 0.2) is 0 Å². The number of H-pyrrole nitrogens is 1. The van der Waals surface area contributed by atoms with Crippen molar-refractivity contribution in [1.29, 1.82) is 0 Å². The molecule has 0 unspecified atom stereocenters. The van der Waals surface area contributed by atoms with E-state index in [1.54, 1.807) is 6.07 Å². The van der Waals surface area contributed by atoms with Gasteiger partial charge in [0, 0.05) is 0 Å². The standard InChI is InChI=1S/C14H8ClFN2O3/c15-9-5-4-7(16)6-11(9)18-12-8(13(19)20)2-1-3-10(12)17-14(18)21/h1-6H,(H,17,21)(H,19,20). The maximum absolute atomic E-state index is 13.4. The molecule has 2 N–H and O–H groups in total. The van der Waals surface area contributed by atoms with E-state index in [1.807, 2.05) is 0 Å². The molecule has 5 nitrogen and oxygen atoms in total. The molecule has 0 saturated carbocycles. The van der Waals surface area contributed by atoms with E-state index < -0.39 is 17.5 Å². The molecule has 0 spiro atoms. The zero-order valence-corrected chi connectivity index (χ0v) is 11.2. The lowest BCUT2D eigenvalue weighted by atomic mass is 10.1. The van der Waals surface area contributed by atoms with Crippen LogP contribution in [0.3, 0.4) is 0 Å². The Balaban J connectivity index is 2.48. The average Bonchev–Trinajstić information content (AvgIpc) is 2.77. The number of fused-ring (bicyclic) bond motifs is 1. The van der Waals surface area contributed by atoms with Crippen molar-refractivity contribution < 1.29 is 14.3 Å². The fourth-order valence-corrected chi connectivity index (χ4v) is 2.42. The van der Waals surface area contributed by atoms with E-state index in [1.165, 1.54) is 18.2 Å². The van der Waals surface area contributed by atoms with Crippen LogP contribution in [0.25, 0.3) is 16.7 Å². The first-order valence-corrected chi connectivity index (χ1v) is 6.29. The second-order valence-electron chi connectivity index (χ2n) is 4.37.